The second-order valence-corrected chi connectivity index (χ2v) is 9.37. The van der Waals surface area contributed by atoms with Gasteiger partial charge in [-0.2, -0.15) is 0 Å². The van der Waals surface area contributed by atoms with Gasteiger partial charge in [0.1, 0.15) is 5.82 Å². The fourth-order valence-corrected chi connectivity index (χ4v) is 5.00. The molecule has 2 aromatic carbocycles. The van der Waals surface area contributed by atoms with Crippen LogP contribution < -0.4 is 5.32 Å². The number of carbonyl (C=O) groups excluding carboxylic acids is 1. The molecule has 0 spiro atoms. The van der Waals surface area contributed by atoms with Crippen LogP contribution in [-0.2, 0) is 6.54 Å². The van der Waals surface area contributed by atoms with Gasteiger partial charge in [0, 0.05) is 54.7 Å². The zero-order valence-corrected chi connectivity index (χ0v) is 19.4. The number of piperazine rings is 1. The molecular formula is C26H31ClFN3O. The van der Waals surface area contributed by atoms with Crippen LogP contribution in [0.4, 0.5) is 10.1 Å². The molecule has 170 valence electrons. The highest BCUT2D eigenvalue weighted by molar-refractivity contribution is 6.31. The van der Waals surface area contributed by atoms with Gasteiger partial charge in [-0.1, -0.05) is 37.1 Å². The molecule has 1 saturated heterocycles. The van der Waals surface area contributed by atoms with Crippen LogP contribution in [0.3, 0.4) is 0 Å². The van der Waals surface area contributed by atoms with Gasteiger partial charge in [-0.15, -0.1) is 0 Å². The smallest absolute Gasteiger partial charge is 0.255 e. The summed E-state index contributed by atoms with van der Waals surface area (Å²) in [5, 5.41) is 3.34. The summed E-state index contributed by atoms with van der Waals surface area (Å²) in [7, 11) is 0. The molecule has 0 radical (unpaired) electrons. The number of anilines is 1. The summed E-state index contributed by atoms with van der Waals surface area (Å²) >= 11 is 5.99. The van der Waals surface area contributed by atoms with Gasteiger partial charge < -0.3 is 10.2 Å². The van der Waals surface area contributed by atoms with E-state index in [2.05, 4.69) is 21.7 Å². The number of halogens is 2. The van der Waals surface area contributed by atoms with Crippen molar-refractivity contribution in [3.63, 3.8) is 0 Å². The third kappa shape index (κ3) is 5.33. The number of nitrogens with one attached hydrogen (secondary N) is 1. The van der Waals surface area contributed by atoms with E-state index in [0.717, 1.165) is 37.3 Å². The molecule has 2 fully saturated rings. The molecule has 0 bridgehead atoms. The van der Waals surface area contributed by atoms with Crippen LogP contribution in [0, 0.1) is 18.7 Å². The number of benzene rings is 2. The summed E-state index contributed by atoms with van der Waals surface area (Å²) in [5.41, 5.74) is 4.03. The zero-order valence-electron chi connectivity index (χ0n) is 18.7. The minimum atomic E-state index is -0.347. The number of hydrogen-bond acceptors (Lipinski definition) is 3. The predicted octanol–water partition coefficient (Wildman–Crippen LogP) is 5.86. The van der Waals surface area contributed by atoms with E-state index in [-0.39, 0.29) is 11.7 Å². The quantitative estimate of drug-likeness (QED) is 0.592. The molecule has 1 N–H and O–H groups in total. The lowest BCUT2D eigenvalue weighted by Crippen LogP contribution is -2.46. The molecule has 0 atom stereocenters. The van der Waals surface area contributed by atoms with Crippen LogP contribution in [0.15, 0.2) is 48.7 Å². The normalized spacial score (nSPS) is 17.5. The molecule has 1 amide bonds. The van der Waals surface area contributed by atoms with Gasteiger partial charge in [0.05, 0.1) is 0 Å². The van der Waals surface area contributed by atoms with E-state index in [0.29, 0.717) is 28.7 Å². The van der Waals surface area contributed by atoms with Gasteiger partial charge in [0.15, 0.2) is 0 Å². The number of carbonyl (C=O) groups is 1. The summed E-state index contributed by atoms with van der Waals surface area (Å²) in [6.07, 6.45) is 5.17. The highest BCUT2D eigenvalue weighted by atomic mass is 35.5. The average Bonchev–Trinajstić information content (AvgIpc) is 3.32. The summed E-state index contributed by atoms with van der Waals surface area (Å²) in [6, 6.07) is 9.69. The number of hydrogen-bond donors (Lipinski definition) is 1. The molecule has 2 aromatic rings. The molecule has 1 heterocycles. The van der Waals surface area contributed by atoms with E-state index in [4.69, 9.17) is 11.6 Å². The third-order valence-electron chi connectivity index (χ3n) is 6.81. The van der Waals surface area contributed by atoms with Crippen molar-refractivity contribution in [3.8, 4) is 0 Å². The Morgan fingerprint density at radius 3 is 2.56 bits per heavy atom. The topological polar surface area (TPSA) is 35.6 Å². The maximum atomic E-state index is 14.4. The SMILES string of the molecule is C=C(C1CCCC1)N1CCN(Cc2cc(F)cc(NC(=O)c3cccc(Cl)c3)c2C)CC1. The fraction of sp³-hybridized carbons (Fsp3) is 0.423. The van der Waals surface area contributed by atoms with Crippen LogP contribution in [0.5, 0.6) is 0 Å². The van der Waals surface area contributed by atoms with Gasteiger partial charge in [-0.25, -0.2) is 4.39 Å². The Labute approximate surface area is 195 Å². The van der Waals surface area contributed by atoms with E-state index < -0.39 is 0 Å². The maximum absolute atomic E-state index is 14.4. The lowest BCUT2D eigenvalue weighted by molar-refractivity contribution is 0.102. The molecule has 1 aliphatic carbocycles. The Kier molecular flexibility index (Phi) is 7.17. The monoisotopic (exact) mass is 455 g/mol. The number of nitrogens with zero attached hydrogens (tertiary/aromatic N) is 2. The van der Waals surface area contributed by atoms with Gasteiger partial charge in [0.2, 0.25) is 0 Å². The van der Waals surface area contributed by atoms with Crippen molar-refractivity contribution in [2.75, 3.05) is 31.5 Å². The lowest BCUT2D eigenvalue weighted by Gasteiger charge is -2.39. The minimum absolute atomic E-state index is 0.300. The lowest BCUT2D eigenvalue weighted by atomic mass is 10.0. The van der Waals surface area contributed by atoms with Crippen molar-refractivity contribution in [3.05, 3.63) is 76.2 Å². The van der Waals surface area contributed by atoms with Crippen LogP contribution in [0.2, 0.25) is 5.02 Å². The van der Waals surface area contributed by atoms with Gasteiger partial charge in [0.25, 0.3) is 5.91 Å². The molecule has 32 heavy (non-hydrogen) atoms. The van der Waals surface area contributed by atoms with E-state index >= 15 is 0 Å². The van der Waals surface area contributed by atoms with Gasteiger partial charge >= 0.3 is 0 Å². The van der Waals surface area contributed by atoms with Gasteiger partial charge in [-0.3, -0.25) is 9.69 Å². The third-order valence-corrected chi connectivity index (χ3v) is 7.05. The minimum Gasteiger partial charge on any atom is -0.372 e. The Morgan fingerprint density at radius 1 is 1.16 bits per heavy atom. The molecule has 1 saturated carbocycles. The zero-order chi connectivity index (χ0) is 22.7. The predicted molar refractivity (Wildman–Crippen MR) is 128 cm³/mol. The Bertz CT molecular complexity index is 995. The van der Waals surface area contributed by atoms with Crippen molar-refractivity contribution in [1.29, 1.82) is 0 Å². The molecule has 4 rings (SSSR count). The average molecular weight is 456 g/mol. The molecule has 6 heteroatoms. The first-order valence-electron chi connectivity index (χ1n) is 11.4. The summed E-state index contributed by atoms with van der Waals surface area (Å²) in [4.78, 5) is 17.4. The van der Waals surface area contributed by atoms with Crippen molar-refractivity contribution in [2.24, 2.45) is 5.92 Å². The highest BCUT2D eigenvalue weighted by Gasteiger charge is 2.25. The maximum Gasteiger partial charge on any atom is 0.255 e. The first-order valence-corrected chi connectivity index (χ1v) is 11.8. The Balaban J connectivity index is 1.39. The fourth-order valence-electron chi connectivity index (χ4n) is 4.81. The molecule has 0 aromatic heterocycles. The first-order chi connectivity index (χ1) is 15.4. The van der Waals surface area contributed by atoms with Crippen LogP contribution in [-0.4, -0.2) is 41.9 Å². The molecule has 0 unspecified atom stereocenters. The van der Waals surface area contributed by atoms with E-state index in [1.807, 2.05) is 6.92 Å². The Hall–Kier alpha value is -2.37. The van der Waals surface area contributed by atoms with Crippen LogP contribution >= 0.6 is 11.6 Å². The molecule has 1 aliphatic heterocycles. The summed E-state index contributed by atoms with van der Waals surface area (Å²) in [5.74, 6) is 0.00381. The van der Waals surface area contributed by atoms with Crippen LogP contribution in [0.1, 0.15) is 47.2 Å². The van der Waals surface area contributed by atoms with E-state index in [9.17, 15) is 9.18 Å². The number of allylic oxidation sites excluding steroid dienone is 1. The summed E-state index contributed by atoms with van der Waals surface area (Å²) in [6.45, 7) is 10.7. The summed E-state index contributed by atoms with van der Waals surface area (Å²) < 4.78 is 14.4. The second-order valence-electron chi connectivity index (χ2n) is 8.94. The largest absolute Gasteiger partial charge is 0.372 e. The van der Waals surface area contributed by atoms with Crippen LogP contribution in [0.25, 0.3) is 0 Å². The highest BCUT2D eigenvalue weighted by Crippen LogP contribution is 2.32. The second kappa shape index (κ2) is 10.1. The molecular weight excluding hydrogens is 425 g/mol. The first kappa shape index (κ1) is 22.8. The standard InChI is InChI=1S/C26H31ClFN3O/c1-18-22(17-30-10-12-31(13-11-30)19(2)20-6-3-4-7-20)15-24(28)16-25(18)29-26(32)21-8-5-9-23(27)14-21/h5,8-9,14-16,20H,2-4,6-7,10-13,17H2,1H3,(H,29,32). The molecule has 2 aliphatic rings. The van der Waals surface area contributed by atoms with Crippen molar-refractivity contribution in [2.45, 2.75) is 39.2 Å². The number of rotatable bonds is 6. The van der Waals surface area contributed by atoms with Crippen molar-refractivity contribution >= 4 is 23.2 Å². The Morgan fingerprint density at radius 2 is 1.88 bits per heavy atom. The van der Waals surface area contributed by atoms with E-state index in [1.54, 1.807) is 30.3 Å². The van der Waals surface area contributed by atoms with E-state index in [1.165, 1.54) is 37.4 Å². The van der Waals surface area contributed by atoms with Crippen molar-refractivity contribution in [1.82, 2.24) is 9.80 Å². The van der Waals surface area contributed by atoms with Crippen molar-refractivity contribution < 1.29 is 9.18 Å². The number of amides is 1. The molecule has 4 nitrogen and oxygen atoms in total. The van der Waals surface area contributed by atoms with Gasteiger partial charge in [-0.05, 0) is 67.1 Å².